The Morgan fingerprint density at radius 1 is 1.15 bits per heavy atom. The first-order valence-corrected chi connectivity index (χ1v) is 11.3. The number of hydrazone groups is 1. The second kappa shape index (κ2) is 10.6. The standard InChI is InChI=1S/C25H22N4O4S/c1-17-12-21(9-10-23(17)29(30)31)33-15-20-13-18(8-11-24(20)32-2)14-26-28-25-27-22(16-34-25)19-6-4-3-5-7-19/h3-14,16H,15H2,1-2H3,(H,27,28). The van der Waals surface area contributed by atoms with Gasteiger partial charge < -0.3 is 9.47 Å². The van der Waals surface area contributed by atoms with Crippen molar-refractivity contribution in [2.75, 3.05) is 12.5 Å². The highest BCUT2D eigenvalue weighted by Gasteiger charge is 2.12. The summed E-state index contributed by atoms with van der Waals surface area (Å²) in [6.07, 6.45) is 1.70. The molecule has 0 atom stereocenters. The van der Waals surface area contributed by atoms with Gasteiger partial charge in [0, 0.05) is 28.1 Å². The summed E-state index contributed by atoms with van der Waals surface area (Å²) in [5.41, 5.74) is 7.20. The number of thiazole rings is 1. The molecule has 4 rings (SSSR count). The second-order valence-electron chi connectivity index (χ2n) is 7.34. The molecule has 0 fully saturated rings. The number of nitro benzene ring substituents is 1. The van der Waals surface area contributed by atoms with Crippen LogP contribution in [0, 0.1) is 17.0 Å². The third-order valence-electron chi connectivity index (χ3n) is 5.01. The van der Waals surface area contributed by atoms with E-state index in [-0.39, 0.29) is 12.3 Å². The topological polar surface area (TPSA) is 98.9 Å². The molecule has 0 aliphatic carbocycles. The zero-order valence-electron chi connectivity index (χ0n) is 18.6. The Morgan fingerprint density at radius 3 is 2.71 bits per heavy atom. The molecule has 34 heavy (non-hydrogen) atoms. The van der Waals surface area contributed by atoms with Gasteiger partial charge in [0.15, 0.2) is 0 Å². The molecule has 9 heteroatoms. The molecule has 0 amide bonds. The number of anilines is 1. The molecular weight excluding hydrogens is 452 g/mol. The van der Waals surface area contributed by atoms with Crippen LogP contribution < -0.4 is 14.9 Å². The molecule has 1 heterocycles. The number of nitrogens with one attached hydrogen (secondary N) is 1. The highest BCUT2D eigenvalue weighted by molar-refractivity contribution is 7.14. The van der Waals surface area contributed by atoms with Crippen molar-refractivity contribution < 1.29 is 14.4 Å². The lowest BCUT2D eigenvalue weighted by atomic mass is 10.1. The van der Waals surface area contributed by atoms with E-state index in [9.17, 15) is 10.1 Å². The van der Waals surface area contributed by atoms with Crippen molar-refractivity contribution in [3.8, 4) is 22.8 Å². The zero-order valence-corrected chi connectivity index (χ0v) is 19.4. The van der Waals surface area contributed by atoms with Crippen molar-refractivity contribution in [2.24, 2.45) is 5.10 Å². The molecule has 0 saturated heterocycles. The van der Waals surface area contributed by atoms with Gasteiger partial charge in [0.25, 0.3) is 5.69 Å². The minimum atomic E-state index is -0.410. The molecule has 0 unspecified atom stereocenters. The molecule has 0 aliphatic rings. The minimum absolute atomic E-state index is 0.0618. The normalized spacial score (nSPS) is 10.9. The Hall–Kier alpha value is -4.24. The Labute approximate surface area is 200 Å². The predicted octanol–water partition coefficient (Wildman–Crippen LogP) is 6.06. The Bertz CT molecular complexity index is 1320. The Kier molecular flexibility index (Phi) is 7.14. The van der Waals surface area contributed by atoms with E-state index >= 15 is 0 Å². The van der Waals surface area contributed by atoms with Crippen molar-refractivity contribution in [1.82, 2.24) is 4.98 Å². The minimum Gasteiger partial charge on any atom is -0.496 e. The highest BCUT2D eigenvalue weighted by Crippen LogP contribution is 2.27. The van der Waals surface area contributed by atoms with Crippen molar-refractivity contribution >= 4 is 28.4 Å². The molecule has 0 spiro atoms. The van der Waals surface area contributed by atoms with Gasteiger partial charge in [-0.05, 0) is 42.8 Å². The van der Waals surface area contributed by atoms with Gasteiger partial charge in [0.1, 0.15) is 18.1 Å². The smallest absolute Gasteiger partial charge is 0.272 e. The number of ether oxygens (including phenoxy) is 2. The summed E-state index contributed by atoms with van der Waals surface area (Å²) in [5, 5.41) is 18.0. The number of rotatable bonds is 9. The van der Waals surface area contributed by atoms with Crippen LogP contribution in [0.2, 0.25) is 0 Å². The van der Waals surface area contributed by atoms with E-state index in [4.69, 9.17) is 9.47 Å². The van der Waals surface area contributed by atoms with E-state index in [0.717, 1.165) is 22.4 Å². The number of aromatic nitrogens is 1. The maximum atomic E-state index is 11.0. The lowest BCUT2D eigenvalue weighted by Gasteiger charge is -2.11. The fraction of sp³-hybridized carbons (Fsp3) is 0.120. The fourth-order valence-electron chi connectivity index (χ4n) is 3.30. The van der Waals surface area contributed by atoms with Crippen molar-refractivity contribution in [1.29, 1.82) is 0 Å². The van der Waals surface area contributed by atoms with Crippen LogP contribution in [0.5, 0.6) is 11.5 Å². The highest BCUT2D eigenvalue weighted by atomic mass is 32.1. The maximum absolute atomic E-state index is 11.0. The second-order valence-corrected chi connectivity index (χ2v) is 8.20. The first kappa shape index (κ1) is 22.9. The van der Waals surface area contributed by atoms with Crippen LogP contribution in [0.25, 0.3) is 11.3 Å². The molecular formula is C25H22N4O4S. The van der Waals surface area contributed by atoms with Gasteiger partial charge >= 0.3 is 0 Å². The molecule has 172 valence electrons. The summed E-state index contributed by atoms with van der Waals surface area (Å²) >= 11 is 1.48. The SMILES string of the molecule is COc1ccc(C=NNc2nc(-c3ccccc3)cs2)cc1COc1ccc([N+](=O)[O-])c(C)c1. The first-order chi connectivity index (χ1) is 16.5. The van der Waals surface area contributed by atoms with Crippen LogP contribution in [0.1, 0.15) is 16.7 Å². The summed E-state index contributed by atoms with van der Waals surface area (Å²) in [7, 11) is 1.59. The molecule has 1 N–H and O–H groups in total. The molecule has 1 aromatic heterocycles. The van der Waals surface area contributed by atoms with E-state index in [0.29, 0.717) is 22.2 Å². The lowest BCUT2D eigenvalue weighted by molar-refractivity contribution is -0.385. The average Bonchev–Trinajstić information content (AvgIpc) is 3.32. The van der Waals surface area contributed by atoms with Crippen LogP contribution in [0.3, 0.4) is 0 Å². The summed E-state index contributed by atoms with van der Waals surface area (Å²) in [6, 6.07) is 20.3. The van der Waals surface area contributed by atoms with Gasteiger partial charge in [-0.25, -0.2) is 4.98 Å². The number of benzene rings is 3. The molecule has 8 nitrogen and oxygen atoms in total. The lowest BCUT2D eigenvalue weighted by Crippen LogP contribution is -2.01. The Morgan fingerprint density at radius 2 is 1.97 bits per heavy atom. The van der Waals surface area contributed by atoms with Crippen LogP contribution >= 0.6 is 11.3 Å². The van der Waals surface area contributed by atoms with E-state index in [1.165, 1.54) is 17.4 Å². The molecule has 0 saturated carbocycles. The van der Waals surface area contributed by atoms with Gasteiger partial charge in [0.05, 0.1) is 23.9 Å². The van der Waals surface area contributed by atoms with Gasteiger partial charge in [-0.3, -0.25) is 15.5 Å². The van der Waals surface area contributed by atoms with Crippen molar-refractivity contribution in [3.05, 3.63) is 98.9 Å². The average molecular weight is 475 g/mol. The summed E-state index contributed by atoms with van der Waals surface area (Å²) in [6.45, 7) is 1.92. The maximum Gasteiger partial charge on any atom is 0.272 e. The van der Waals surface area contributed by atoms with Crippen molar-refractivity contribution in [2.45, 2.75) is 13.5 Å². The van der Waals surface area contributed by atoms with E-state index in [1.54, 1.807) is 32.4 Å². The number of hydrogen-bond acceptors (Lipinski definition) is 8. The van der Waals surface area contributed by atoms with Gasteiger partial charge in [-0.2, -0.15) is 5.10 Å². The third kappa shape index (κ3) is 5.57. The summed E-state index contributed by atoms with van der Waals surface area (Å²) in [5.74, 6) is 1.22. The molecule has 4 aromatic rings. The fourth-order valence-corrected chi connectivity index (χ4v) is 3.97. The van der Waals surface area contributed by atoms with Crippen molar-refractivity contribution in [3.63, 3.8) is 0 Å². The number of aryl methyl sites for hydroxylation is 1. The predicted molar refractivity (Wildman–Crippen MR) is 134 cm³/mol. The largest absolute Gasteiger partial charge is 0.496 e. The number of methoxy groups -OCH3 is 1. The van der Waals surface area contributed by atoms with Crippen LogP contribution in [-0.4, -0.2) is 23.2 Å². The number of nitro groups is 1. The van der Waals surface area contributed by atoms with Crippen LogP contribution in [0.4, 0.5) is 10.8 Å². The van der Waals surface area contributed by atoms with Gasteiger partial charge in [-0.1, -0.05) is 30.3 Å². The number of hydrogen-bond donors (Lipinski definition) is 1. The zero-order chi connectivity index (χ0) is 23.9. The monoisotopic (exact) mass is 474 g/mol. The summed E-state index contributed by atoms with van der Waals surface area (Å²) < 4.78 is 11.3. The third-order valence-corrected chi connectivity index (χ3v) is 5.76. The Balaban J connectivity index is 1.42. The molecule has 3 aromatic carbocycles. The molecule has 0 radical (unpaired) electrons. The van der Waals surface area contributed by atoms with E-state index < -0.39 is 4.92 Å². The summed E-state index contributed by atoms with van der Waals surface area (Å²) in [4.78, 5) is 15.1. The van der Waals surface area contributed by atoms with Gasteiger partial charge in [0.2, 0.25) is 5.13 Å². The van der Waals surface area contributed by atoms with Crippen LogP contribution in [0.15, 0.2) is 77.2 Å². The van der Waals surface area contributed by atoms with Crippen LogP contribution in [-0.2, 0) is 6.61 Å². The van der Waals surface area contributed by atoms with E-state index in [1.807, 2.05) is 53.9 Å². The quantitative estimate of drug-likeness (QED) is 0.180. The number of nitrogens with zero attached hydrogens (tertiary/aromatic N) is 3. The van der Waals surface area contributed by atoms with E-state index in [2.05, 4.69) is 15.5 Å². The first-order valence-electron chi connectivity index (χ1n) is 10.4. The molecule has 0 aliphatic heterocycles. The van der Waals surface area contributed by atoms with Gasteiger partial charge in [-0.15, -0.1) is 11.3 Å². The molecule has 0 bridgehead atoms.